The van der Waals surface area contributed by atoms with Crippen LogP contribution in [0.15, 0.2) is 23.2 Å². The Kier molecular flexibility index (Phi) is 4.30. The van der Waals surface area contributed by atoms with Gasteiger partial charge in [-0.2, -0.15) is 0 Å². The lowest BCUT2D eigenvalue weighted by molar-refractivity contribution is 0.585. The molecule has 1 heterocycles. The van der Waals surface area contributed by atoms with E-state index in [1.165, 1.54) is 18.2 Å². The van der Waals surface area contributed by atoms with Gasteiger partial charge < -0.3 is 0 Å². The lowest BCUT2D eigenvalue weighted by atomic mass is 10.4. The van der Waals surface area contributed by atoms with Crippen molar-refractivity contribution in [3.8, 4) is 0 Å². The van der Waals surface area contributed by atoms with Gasteiger partial charge in [-0.3, -0.25) is 4.72 Å². The summed E-state index contributed by atoms with van der Waals surface area (Å²) >= 11 is 0. The Morgan fingerprint density at radius 2 is 1.94 bits per heavy atom. The highest BCUT2D eigenvalue weighted by molar-refractivity contribution is 7.93. The molecule has 1 unspecified atom stereocenters. The zero-order valence-electron chi connectivity index (χ0n) is 9.99. The van der Waals surface area contributed by atoms with Crippen molar-refractivity contribution in [2.45, 2.75) is 30.5 Å². The molecule has 7 nitrogen and oxygen atoms in total. The topological polar surface area (TPSA) is 119 Å². The van der Waals surface area contributed by atoms with E-state index in [0.29, 0.717) is 6.42 Å². The van der Waals surface area contributed by atoms with Crippen molar-refractivity contribution in [2.75, 3.05) is 4.72 Å². The number of nitrogens with one attached hydrogen (secondary N) is 1. The van der Waals surface area contributed by atoms with Gasteiger partial charge in [0.15, 0.2) is 5.03 Å². The van der Waals surface area contributed by atoms with Crippen molar-refractivity contribution in [2.24, 2.45) is 5.14 Å². The Morgan fingerprint density at radius 1 is 1.33 bits per heavy atom. The Morgan fingerprint density at radius 3 is 2.44 bits per heavy atom. The lowest BCUT2D eigenvalue weighted by Crippen LogP contribution is -2.25. The van der Waals surface area contributed by atoms with Crippen LogP contribution in [0, 0.1) is 0 Å². The van der Waals surface area contributed by atoms with E-state index in [4.69, 9.17) is 5.14 Å². The van der Waals surface area contributed by atoms with E-state index in [2.05, 4.69) is 9.71 Å². The minimum absolute atomic E-state index is 0.0678. The zero-order valence-corrected chi connectivity index (χ0v) is 11.6. The van der Waals surface area contributed by atoms with Crippen LogP contribution in [0.3, 0.4) is 0 Å². The molecule has 1 atom stereocenters. The summed E-state index contributed by atoms with van der Waals surface area (Å²) in [5, 5.41) is 3.93. The molecular weight excluding hydrogens is 278 g/mol. The second kappa shape index (κ2) is 5.21. The zero-order chi connectivity index (χ0) is 14.0. The van der Waals surface area contributed by atoms with Gasteiger partial charge >= 0.3 is 0 Å². The lowest BCUT2D eigenvalue weighted by Gasteiger charge is -2.12. The number of nitrogens with two attached hydrogens (primary N) is 1. The number of hydrogen-bond donors (Lipinski definition) is 2. The van der Waals surface area contributed by atoms with E-state index in [0.717, 1.165) is 0 Å². The largest absolute Gasteiger partial charge is 0.267 e. The third-order valence-corrected chi connectivity index (χ3v) is 5.06. The second-order valence-electron chi connectivity index (χ2n) is 3.77. The quantitative estimate of drug-likeness (QED) is 0.807. The number of sulfonamides is 2. The molecule has 102 valence electrons. The molecule has 0 bridgehead atoms. The monoisotopic (exact) mass is 293 g/mol. The van der Waals surface area contributed by atoms with Crippen molar-refractivity contribution < 1.29 is 16.8 Å². The Labute approximate surface area is 107 Å². The minimum Gasteiger partial charge on any atom is -0.267 e. The summed E-state index contributed by atoms with van der Waals surface area (Å²) in [5.41, 5.74) is 0. The molecule has 0 aliphatic carbocycles. The average molecular weight is 293 g/mol. The SMILES string of the molecule is CCC(C)S(=O)(=O)Nc1cccc(S(N)(=O)=O)n1. The molecule has 0 radical (unpaired) electrons. The first-order chi connectivity index (χ1) is 8.16. The molecule has 1 aromatic rings. The van der Waals surface area contributed by atoms with E-state index >= 15 is 0 Å². The Hall–Kier alpha value is -1.19. The molecule has 1 aromatic heterocycles. The van der Waals surface area contributed by atoms with Gasteiger partial charge in [-0.1, -0.05) is 13.0 Å². The van der Waals surface area contributed by atoms with E-state index < -0.39 is 25.3 Å². The fraction of sp³-hybridized carbons (Fsp3) is 0.444. The summed E-state index contributed by atoms with van der Waals surface area (Å²) in [6.07, 6.45) is 0.435. The Bertz CT molecular complexity index is 625. The van der Waals surface area contributed by atoms with Crippen LogP contribution in [0.1, 0.15) is 20.3 Å². The van der Waals surface area contributed by atoms with Crippen molar-refractivity contribution >= 4 is 25.9 Å². The van der Waals surface area contributed by atoms with Gasteiger partial charge in [-0.15, -0.1) is 0 Å². The van der Waals surface area contributed by atoms with Gasteiger partial charge in [0.2, 0.25) is 10.0 Å². The van der Waals surface area contributed by atoms with Crippen molar-refractivity contribution in [3.05, 3.63) is 18.2 Å². The average Bonchev–Trinajstić information content (AvgIpc) is 2.26. The summed E-state index contributed by atoms with van der Waals surface area (Å²) in [4.78, 5) is 3.64. The molecule has 1 rings (SSSR count). The predicted molar refractivity (Wildman–Crippen MR) is 67.9 cm³/mol. The highest BCUT2D eigenvalue weighted by Crippen LogP contribution is 2.13. The van der Waals surface area contributed by atoms with Crippen LogP contribution < -0.4 is 9.86 Å². The van der Waals surface area contributed by atoms with Crippen molar-refractivity contribution in [1.82, 2.24) is 4.98 Å². The maximum Gasteiger partial charge on any atom is 0.255 e. The molecule has 0 spiro atoms. The highest BCUT2D eigenvalue weighted by Gasteiger charge is 2.20. The van der Waals surface area contributed by atoms with Gasteiger partial charge in [-0.25, -0.2) is 27.0 Å². The summed E-state index contributed by atoms with van der Waals surface area (Å²) in [7, 11) is -7.53. The molecule has 0 saturated carbocycles. The number of primary sulfonamides is 1. The summed E-state index contributed by atoms with van der Waals surface area (Å²) in [6.45, 7) is 3.28. The molecule has 0 aliphatic rings. The highest BCUT2D eigenvalue weighted by atomic mass is 32.2. The normalized spacial score (nSPS) is 14.2. The first-order valence-electron chi connectivity index (χ1n) is 5.18. The molecule has 0 aliphatic heterocycles. The van der Waals surface area contributed by atoms with Crippen LogP contribution in [0.4, 0.5) is 5.82 Å². The maximum atomic E-state index is 11.8. The number of hydrogen-bond acceptors (Lipinski definition) is 5. The van der Waals surface area contributed by atoms with Crippen LogP contribution in [0.2, 0.25) is 0 Å². The first kappa shape index (κ1) is 14.9. The fourth-order valence-corrected chi connectivity index (χ4v) is 2.63. The van der Waals surface area contributed by atoms with Crippen LogP contribution in [-0.2, 0) is 20.0 Å². The molecule has 18 heavy (non-hydrogen) atoms. The fourth-order valence-electron chi connectivity index (χ4n) is 1.10. The van der Waals surface area contributed by atoms with E-state index in [1.807, 2.05) is 0 Å². The summed E-state index contributed by atoms with van der Waals surface area (Å²) < 4.78 is 47.9. The molecule has 0 amide bonds. The maximum absolute atomic E-state index is 11.8. The smallest absolute Gasteiger partial charge is 0.255 e. The van der Waals surface area contributed by atoms with Gasteiger partial charge in [0.25, 0.3) is 10.0 Å². The van der Waals surface area contributed by atoms with Crippen molar-refractivity contribution in [1.29, 1.82) is 0 Å². The third kappa shape index (κ3) is 3.65. The number of anilines is 1. The summed E-state index contributed by atoms with van der Waals surface area (Å²) in [5.74, 6) is -0.0678. The van der Waals surface area contributed by atoms with Crippen LogP contribution >= 0.6 is 0 Å². The number of nitrogens with zero attached hydrogens (tertiary/aromatic N) is 1. The second-order valence-corrected chi connectivity index (χ2v) is 7.38. The molecule has 0 aromatic carbocycles. The van der Waals surface area contributed by atoms with Gasteiger partial charge in [0.1, 0.15) is 5.82 Å². The van der Waals surface area contributed by atoms with E-state index in [-0.39, 0.29) is 10.8 Å². The van der Waals surface area contributed by atoms with E-state index in [1.54, 1.807) is 13.8 Å². The van der Waals surface area contributed by atoms with Crippen molar-refractivity contribution in [3.63, 3.8) is 0 Å². The standard InChI is InChI=1S/C9H15N3O4S2/c1-3-7(2)18(15,16)12-8-5-4-6-9(11-8)17(10,13)14/h4-7H,3H2,1-2H3,(H,11,12)(H2,10,13,14). The number of rotatable bonds is 5. The third-order valence-electron chi connectivity index (χ3n) is 2.37. The molecule has 0 fully saturated rings. The van der Waals surface area contributed by atoms with Gasteiger partial charge in [-0.05, 0) is 25.5 Å². The van der Waals surface area contributed by atoms with Crippen LogP contribution in [0.5, 0.6) is 0 Å². The molecule has 3 N–H and O–H groups in total. The number of pyridine rings is 1. The predicted octanol–water partition coefficient (Wildman–Crippen LogP) is 0.269. The summed E-state index contributed by atoms with van der Waals surface area (Å²) in [6, 6.07) is 3.91. The molecular formula is C9H15N3O4S2. The first-order valence-corrected chi connectivity index (χ1v) is 8.27. The van der Waals surface area contributed by atoms with Crippen LogP contribution in [0.25, 0.3) is 0 Å². The van der Waals surface area contributed by atoms with E-state index in [9.17, 15) is 16.8 Å². The molecule has 9 heteroatoms. The molecule has 0 saturated heterocycles. The van der Waals surface area contributed by atoms with Gasteiger partial charge in [0.05, 0.1) is 5.25 Å². The van der Waals surface area contributed by atoms with Gasteiger partial charge in [0, 0.05) is 0 Å². The minimum atomic E-state index is -3.95. The Balaban J connectivity index is 3.08. The van der Waals surface area contributed by atoms with Crippen LogP contribution in [-0.4, -0.2) is 27.1 Å². The number of aromatic nitrogens is 1.